The second-order valence-electron chi connectivity index (χ2n) is 5.17. The van der Waals surface area contributed by atoms with Crippen LogP contribution in [0, 0.1) is 17.0 Å². The lowest BCUT2D eigenvalue weighted by Crippen LogP contribution is -1.90. The zero-order chi connectivity index (χ0) is 16.2. The standard InChI is InChI=1S/C18H15N3O2/c1-14-7-8-16(11-18(14)21(22)23)19-12-15-9-10-20(13-15)17-5-3-2-4-6-17/h2-13H,1H3. The molecule has 0 bridgehead atoms. The first-order chi connectivity index (χ1) is 11.1. The van der Waals surface area contributed by atoms with E-state index in [1.165, 1.54) is 6.07 Å². The summed E-state index contributed by atoms with van der Waals surface area (Å²) in [5.41, 5.74) is 3.27. The number of rotatable bonds is 4. The zero-order valence-corrected chi connectivity index (χ0v) is 12.6. The molecule has 1 heterocycles. The minimum Gasteiger partial charge on any atom is -0.323 e. The minimum atomic E-state index is -0.389. The molecule has 5 nitrogen and oxygen atoms in total. The van der Waals surface area contributed by atoms with Crippen LogP contribution in [0.2, 0.25) is 0 Å². The third-order valence-corrected chi connectivity index (χ3v) is 3.52. The van der Waals surface area contributed by atoms with E-state index >= 15 is 0 Å². The molecule has 0 amide bonds. The van der Waals surface area contributed by atoms with Crippen LogP contribution in [0.25, 0.3) is 5.69 Å². The fourth-order valence-corrected chi connectivity index (χ4v) is 2.27. The van der Waals surface area contributed by atoms with Crippen molar-refractivity contribution in [1.29, 1.82) is 0 Å². The van der Waals surface area contributed by atoms with Crippen molar-refractivity contribution in [2.45, 2.75) is 6.92 Å². The molecule has 3 aromatic rings. The van der Waals surface area contributed by atoms with Crippen molar-refractivity contribution in [3.8, 4) is 5.69 Å². The topological polar surface area (TPSA) is 60.4 Å². The maximum absolute atomic E-state index is 11.0. The molecule has 0 saturated carbocycles. The van der Waals surface area contributed by atoms with Crippen LogP contribution in [-0.2, 0) is 0 Å². The third-order valence-electron chi connectivity index (χ3n) is 3.52. The Bertz CT molecular complexity index is 867. The SMILES string of the molecule is Cc1ccc(N=Cc2ccn(-c3ccccc3)c2)cc1[N+](=O)[O-]. The molecule has 114 valence electrons. The number of hydrogen-bond donors (Lipinski definition) is 0. The summed E-state index contributed by atoms with van der Waals surface area (Å²) in [6, 6.07) is 16.9. The summed E-state index contributed by atoms with van der Waals surface area (Å²) < 4.78 is 2.00. The van der Waals surface area contributed by atoms with E-state index in [1.807, 2.05) is 53.4 Å². The molecule has 0 fully saturated rings. The normalized spacial score (nSPS) is 11.0. The van der Waals surface area contributed by atoms with Gasteiger partial charge < -0.3 is 4.57 Å². The largest absolute Gasteiger partial charge is 0.323 e. The monoisotopic (exact) mass is 305 g/mol. The Morgan fingerprint density at radius 3 is 2.65 bits per heavy atom. The van der Waals surface area contributed by atoms with Crippen molar-refractivity contribution in [2.75, 3.05) is 0 Å². The van der Waals surface area contributed by atoms with Gasteiger partial charge in [-0.15, -0.1) is 0 Å². The predicted molar refractivity (Wildman–Crippen MR) is 90.9 cm³/mol. The van der Waals surface area contributed by atoms with Crippen LogP contribution < -0.4 is 0 Å². The van der Waals surface area contributed by atoms with Crippen LogP contribution in [0.5, 0.6) is 0 Å². The minimum absolute atomic E-state index is 0.0847. The molecule has 0 atom stereocenters. The Kier molecular flexibility index (Phi) is 4.01. The van der Waals surface area contributed by atoms with Crippen LogP contribution in [0.3, 0.4) is 0 Å². The number of nitro groups is 1. The first-order valence-electron chi connectivity index (χ1n) is 7.16. The van der Waals surface area contributed by atoms with Gasteiger partial charge in [0.15, 0.2) is 0 Å². The molecule has 0 unspecified atom stereocenters. The van der Waals surface area contributed by atoms with Gasteiger partial charge in [0.2, 0.25) is 0 Å². The van der Waals surface area contributed by atoms with Gasteiger partial charge in [-0.1, -0.05) is 24.3 Å². The number of hydrogen-bond acceptors (Lipinski definition) is 3. The van der Waals surface area contributed by atoms with Crippen molar-refractivity contribution in [1.82, 2.24) is 4.57 Å². The molecule has 0 N–H and O–H groups in total. The summed E-state index contributed by atoms with van der Waals surface area (Å²) in [4.78, 5) is 14.9. The Morgan fingerprint density at radius 2 is 1.91 bits per heavy atom. The van der Waals surface area contributed by atoms with Gasteiger partial charge in [-0.05, 0) is 31.2 Å². The number of aromatic nitrogens is 1. The van der Waals surface area contributed by atoms with Crippen LogP contribution in [0.4, 0.5) is 11.4 Å². The van der Waals surface area contributed by atoms with Gasteiger partial charge in [-0.2, -0.15) is 0 Å². The Balaban J connectivity index is 1.83. The Hall–Kier alpha value is -3.21. The molecule has 0 aliphatic heterocycles. The lowest BCUT2D eigenvalue weighted by atomic mass is 10.2. The van der Waals surface area contributed by atoms with E-state index in [9.17, 15) is 10.1 Å². The molecule has 2 aromatic carbocycles. The van der Waals surface area contributed by atoms with E-state index in [0.717, 1.165) is 11.3 Å². The maximum atomic E-state index is 11.0. The summed E-state index contributed by atoms with van der Waals surface area (Å²) in [5, 5.41) is 11.0. The highest BCUT2D eigenvalue weighted by atomic mass is 16.6. The van der Waals surface area contributed by atoms with Gasteiger partial charge in [0.25, 0.3) is 5.69 Å². The Morgan fingerprint density at radius 1 is 1.13 bits per heavy atom. The summed E-state index contributed by atoms with van der Waals surface area (Å²) >= 11 is 0. The molecule has 0 spiro atoms. The lowest BCUT2D eigenvalue weighted by Gasteiger charge is -2.00. The maximum Gasteiger partial charge on any atom is 0.274 e. The highest BCUT2D eigenvalue weighted by Crippen LogP contribution is 2.24. The number of nitro benzene ring substituents is 1. The van der Waals surface area contributed by atoms with E-state index in [4.69, 9.17) is 0 Å². The number of para-hydroxylation sites is 1. The van der Waals surface area contributed by atoms with E-state index in [2.05, 4.69) is 4.99 Å². The highest BCUT2D eigenvalue weighted by Gasteiger charge is 2.10. The van der Waals surface area contributed by atoms with E-state index in [0.29, 0.717) is 11.3 Å². The van der Waals surface area contributed by atoms with Crippen molar-refractivity contribution in [2.24, 2.45) is 4.99 Å². The number of nitrogens with zero attached hydrogens (tertiary/aromatic N) is 3. The van der Waals surface area contributed by atoms with Crippen LogP contribution in [0.15, 0.2) is 72.0 Å². The van der Waals surface area contributed by atoms with Gasteiger partial charge in [0.05, 0.1) is 10.6 Å². The first-order valence-corrected chi connectivity index (χ1v) is 7.16. The van der Waals surface area contributed by atoms with Crippen LogP contribution in [-0.4, -0.2) is 15.7 Å². The summed E-state index contributed by atoms with van der Waals surface area (Å²) in [5.74, 6) is 0. The van der Waals surface area contributed by atoms with Crippen LogP contribution in [0.1, 0.15) is 11.1 Å². The molecular weight excluding hydrogens is 290 g/mol. The quantitative estimate of drug-likeness (QED) is 0.406. The summed E-state index contributed by atoms with van der Waals surface area (Å²) in [6.07, 6.45) is 5.61. The smallest absolute Gasteiger partial charge is 0.274 e. The third kappa shape index (κ3) is 3.35. The van der Waals surface area contributed by atoms with Gasteiger partial charge in [-0.3, -0.25) is 15.1 Å². The summed E-state index contributed by atoms with van der Waals surface area (Å²) in [7, 11) is 0. The number of aryl methyl sites for hydroxylation is 1. The Labute approximate surface area is 133 Å². The fraction of sp³-hybridized carbons (Fsp3) is 0.0556. The van der Waals surface area contributed by atoms with Crippen LogP contribution >= 0.6 is 0 Å². The molecule has 0 radical (unpaired) electrons. The zero-order valence-electron chi connectivity index (χ0n) is 12.6. The number of aliphatic imine (C=N–C) groups is 1. The molecule has 23 heavy (non-hydrogen) atoms. The predicted octanol–water partition coefficient (Wildman–Crippen LogP) is 4.44. The second-order valence-corrected chi connectivity index (χ2v) is 5.17. The van der Waals surface area contributed by atoms with Gasteiger partial charge >= 0.3 is 0 Å². The lowest BCUT2D eigenvalue weighted by molar-refractivity contribution is -0.385. The van der Waals surface area contributed by atoms with E-state index < -0.39 is 0 Å². The average Bonchev–Trinajstić information content (AvgIpc) is 3.03. The van der Waals surface area contributed by atoms with Crippen molar-refractivity contribution >= 4 is 17.6 Å². The molecule has 0 saturated heterocycles. The average molecular weight is 305 g/mol. The highest BCUT2D eigenvalue weighted by molar-refractivity contribution is 5.82. The van der Waals surface area contributed by atoms with Gasteiger partial charge in [0, 0.05) is 41.5 Å². The van der Waals surface area contributed by atoms with Gasteiger partial charge in [-0.25, -0.2) is 0 Å². The molecule has 1 aromatic heterocycles. The number of benzene rings is 2. The fourth-order valence-electron chi connectivity index (χ4n) is 2.27. The van der Waals surface area contributed by atoms with Crippen molar-refractivity contribution < 1.29 is 4.92 Å². The molecule has 0 aliphatic carbocycles. The van der Waals surface area contributed by atoms with Crippen molar-refractivity contribution in [3.05, 3.63) is 88.2 Å². The second kappa shape index (κ2) is 6.27. The van der Waals surface area contributed by atoms with E-state index in [1.54, 1.807) is 25.3 Å². The van der Waals surface area contributed by atoms with Gasteiger partial charge in [0.1, 0.15) is 0 Å². The molecular formula is C18H15N3O2. The summed E-state index contributed by atoms with van der Waals surface area (Å²) in [6.45, 7) is 1.71. The molecule has 0 aliphatic rings. The molecule has 5 heteroatoms. The van der Waals surface area contributed by atoms with E-state index in [-0.39, 0.29) is 10.6 Å². The first kappa shape index (κ1) is 14.7. The van der Waals surface area contributed by atoms with Crippen molar-refractivity contribution in [3.63, 3.8) is 0 Å². The molecule has 3 rings (SSSR count).